The van der Waals surface area contributed by atoms with Crippen LogP contribution < -0.4 is 5.32 Å². The maximum absolute atomic E-state index is 10.9. The molecule has 2 N–H and O–H groups in total. The zero-order chi connectivity index (χ0) is 15.2. The van der Waals surface area contributed by atoms with Crippen LogP contribution in [-0.2, 0) is 15.3 Å². The van der Waals surface area contributed by atoms with Gasteiger partial charge >= 0.3 is 5.97 Å². The fourth-order valence-corrected chi connectivity index (χ4v) is 3.01. The van der Waals surface area contributed by atoms with Crippen LogP contribution in [0.3, 0.4) is 0 Å². The maximum atomic E-state index is 10.9. The molecule has 0 bridgehead atoms. The number of pyridine rings is 1. The lowest BCUT2D eigenvalue weighted by molar-refractivity contribution is -0.139. The maximum Gasteiger partial charge on any atom is 0.327 e. The molecule has 1 amide bonds. The molecule has 0 aliphatic carbocycles. The molecule has 0 aliphatic rings. The van der Waals surface area contributed by atoms with Crippen LogP contribution in [0.4, 0.5) is 0 Å². The number of carbonyl (C=O) groups excluding carboxylic acids is 1. The van der Waals surface area contributed by atoms with Crippen molar-refractivity contribution in [1.82, 2.24) is 9.72 Å². The topological polar surface area (TPSA) is 94.6 Å². The van der Waals surface area contributed by atoms with E-state index in [2.05, 4.69) is 11.4 Å². The zero-order valence-electron chi connectivity index (χ0n) is 11.0. The molecule has 1 atom stereocenters. The quantitative estimate of drug-likeness (QED) is 0.751. The molecule has 0 spiro atoms. The van der Waals surface area contributed by atoms with Gasteiger partial charge < -0.3 is 14.8 Å². The fraction of sp³-hybridized carbons (Fsp3) is 0.214. The summed E-state index contributed by atoms with van der Waals surface area (Å²) < 4.78 is 1.87. The van der Waals surface area contributed by atoms with Crippen molar-refractivity contribution in [1.29, 1.82) is 5.26 Å². The smallest absolute Gasteiger partial charge is 0.327 e. The van der Waals surface area contributed by atoms with E-state index >= 15 is 0 Å². The molecule has 108 valence electrons. The minimum absolute atomic E-state index is 0.241. The van der Waals surface area contributed by atoms with Crippen LogP contribution in [0.15, 0.2) is 30.6 Å². The standard InChI is InChI=1S/C14H13N3O3S/c15-5-11-10(6-17-4-2-1-3-13(11)17)7-21-8-12(14(19)20)16-9-18/h1-4,6,9,12H,7-8H2,(H,16,18)(H,19,20). The average Bonchev–Trinajstić information content (AvgIpc) is 2.83. The Hall–Kier alpha value is -2.46. The Balaban J connectivity index is 2.08. The summed E-state index contributed by atoms with van der Waals surface area (Å²) in [5.74, 6) is -0.322. The molecule has 1 unspecified atom stereocenters. The lowest BCUT2D eigenvalue weighted by Crippen LogP contribution is -2.37. The molecule has 2 aromatic rings. The number of carboxylic acid groups (broad SMARTS) is 1. The summed E-state index contributed by atoms with van der Waals surface area (Å²) in [6.07, 6.45) is 4.11. The molecule has 21 heavy (non-hydrogen) atoms. The van der Waals surface area contributed by atoms with E-state index in [9.17, 15) is 14.9 Å². The molecule has 2 aromatic heterocycles. The Labute approximate surface area is 125 Å². The predicted molar refractivity (Wildman–Crippen MR) is 78.9 cm³/mol. The van der Waals surface area contributed by atoms with E-state index in [1.807, 2.05) is 35.0 Å². The van der Waals surface area contributed by atoms with Crippen LogP contribution in [0, 0.1) is 11.3 Å². The normalized spacial score (nSPS) is 11.8. The number of nitrogens with zero attached hydrogens (tertiary/aromatic N) is 2. The molecular formula is C14H13N3O3S. The van der Waals surface area contributed by atoms with Crippen molar-refractivity contribution in [3.05, 3.63) is 41.7 Å². The minimum Gasteiger partial charge on any atom is -0.480 e. The SMILES string of the molecule is N#Cc1c(CSCC(NC=O)C(=O)O)cn2ccccc12. The lowest BCUT2D eigenvalue weighted by Gasteiger charge is -2.09. The van der Waals surface area contributed by atoms with Gasteiger partial charge in [-0.3, -0.25) is 4.79 Å². The first-order valence-electron chi connectivity index (χ1n) is 6.16. The number of nitrogens with one attached hydrogen (secondary N) is 1. The molecule has 6 nitrogen and oxygen atoms in total. The lowest BCUT2D eigenvalue weighted by atomic mass is 10.2. The molecule has 0 saturated heterocycles. The number of rotatable bonds is 7. The van der Waals surface area contributed by atoms with Crippen molar-refractivity contribution >= 4 is 29.7 Å². The van der Waals surface area contributed by atoms with Gasteiger partial charge in [-0.05, 0) is 17.7 Å². The third-order valence-corrected chi connectivity index (χ3v) is 4.07. The summed E-state index contributed by atoms with van der Waals surface area (Å²) in [6.45, 7) is 0. The van der Waals surface area contributed by atoms with E-state index in [4.69, 9.17) is 5.11 Å². The molecule has 0 fully saturated rings. The number of aliphatic carboxylic acids is 1. The van der Waals surface area contributed by atoms with Crippen LogP contribution in [0.2, 0.25) is 0 Å². The van der Waals surface area contributed by atoms with Crippen LogP contribution in [0.25, 0.3) is 5.52 Å². The fourth-order valence-electron chi connectivity index (χ4n) is 1.98. The van der Waals surface area contributed by atoms with Crippen LogP contribution in [-0.4, -0.2) is 33.7 Å². The molecule has 7 heteroatoms. The van der Waals surface area contributed by atoms with Crippen molar-refractivity contribution in [2.24, 2.45) is 0 Å². The van der Waals surface area contributed by atoms with Crippen molar-refractivity contribution in [2.75, 3.05) is 5.75 Å². The summed E-state index contributed by atoms with van der Waals surface area (Å²) in [4.78, 5) is 21.2. The monoisotopic (exact) mass is 303 g/mol. The first-order chi connectivity index (χ1) is 10.2. The second kappa shape index (κ2) is 6.81. The number of hydrogen-bond donors (Lipinski definition) is 2. The van der Waals surface area contributed by atoms with E-state index in [1.165, 1.54) is 11.8 Å². The van der Waals surface area contributed by atoms with Crippen molar-refractivity contribution in [3.8, 4) is 6.07 Å². The molecule has 0 saturated carbocycles. The number of fused-ring (bicyclic) bond motifs is 1. The molecule has 0 aromatic carbocycles. The highest BCUT2D eigenvalue weighted by atomic mass is 32.2. The van der Waals surface area contributed by atoms with Gasteiger partial charge in [0, 0.05) is 23.9 Å². The van der Waals surface area contributed by atoms with Gasteiger partial charge in [-0.2, -0.15) is 17.0 Å². The second-order valence-electron chi connectivity index (χ2n) is 4.32. The van der Waals surface area contributed by atoms with E-state index in [0.29, 0.717) is 17.7 Å². The van der Waals surface area contributed by atoms with Gasteiger partial charge in [-0.1, -0.05) is 6.07 Å². The highest BCUT2D eigenvalue weighted by Crippen LogP contribution is 2.22. The number of carbonyl (C=O) groups is 2. The minimum atomic E-state index is -1.07. The van der Waals surface area contributed by atoms with Gasteiger partial charge in [-0.25, -0.2) is 4.79 Å². The van der Waals surface area contributed by atoms with Gasteiger partial charge in [0.25, 0.3) is 0 Å². The first-order valence-corrected chi connectivity index (χ1v) is 7.31. The van der Waals surface area contributed by atoms with Gasteiger partial charge in [0.1, 0.15) is 12.1 Å². The average molecular weight is 303 g/mol. The number of amides is 1. The first kappa shape index (κ1) is 14.9. The van der Waals surface area contributed by atoms with Crippen molar-refractivity contribution < 1.29 is 14.7 Å². The van der Waals surface area contributed by atoms with Crippen LogP contribution in [0.5, 0.6) is 0 Å². The number of nitriles is 1. The molecule has 2 heterocycles. The largest absolute Gasteiger partial charge is 0.480 e. The third kappa shape index (κ3) is 3.35. The summed E-state index contributed by atoms with van der Waals surface area (Å²) in [5, 5.41) is 20.4. The number of carboxylic acids is 1. The van der Waals surface area contributed by atoms with Gasteiger partial charge in [0.15, 0.2) is 0 Å². The van der Waals surface area contributed by atoms with E-state index in [-0.39, 0.29) is 5.75 Å². The summed E-state index contributed by atoms with van der Waals surface area (Å²) in [6, 6.07) is 6.86. The Morgan fingerprint density at radius 2 is 2.38 bits per heavy atom. The zero-order valence-corrected chi connectivity index (χ0v) is 11.8. The summed E-state index contributed by atoms with van der Waals surface area (Å²) in [5.41, 5.74) is 2.28. The van der Waals surface area contributed by atoms with E-state index in [1.54, 1.807) is 0 Å². The molecule has 2 rings (SSSR count). The molecule has 0 aliphatic heterocycles. The number of hydrogen-bond acceptors (Lipinski definition) is 4. The van der Waals surface area contributed by atoms with E-state index in [0.717, 1.165) is 11.1 Å². The highest BCUT2D eigenvalue weighted by Gasteiger charge is 2.17. The predicted octanol–water partition coefficient (Wildman–Crippen LogP) is 1.24. The van der Waals surface area contributed by atoms with Gasteiger partial charge in [-0.15, -0.1) is 0 Å². The molecule has 0 radical (unpaired) electrons. The van der Waals surface area contributed by atoms with Gasteiger partial charge in [0.05, 0.1) is 11.1 Å². The van der Waals surface area contributed by atoms with Crippen LogP contribution in [0.1, 0.15) is 11.1 Å². The Morgan fingerprint density at radius 3 is 3.05 bits per heavy atom. The number of thioether (sulfide) groups is 1. The van der Waals surface area contributed by atoms with E-state index < -0.39 is 12.0 Å². The summed E-state index contributed by atoms with van der Waals surface area (Å²) >= 11 is 1.36. The Bertz CT molecular complexity index is 705. The second-order valence-corrected chi connectivity index (χ2v) is 5.36. The Kier molecular flexibility index (Phi) is 4.85. The Morgan fingerprint density at radius 1 is 1.57 bits per heavy atom. The molecular weight excluding hydrogens is 290 g/mol. The van der Waals surface area contributed by atoms with Crippen molar-refractivity contribution in [2.45, 2.75) is 11.8 Å². The number of aromatic nitrogens is 1. The van der Waals surface area contributed by atoms with Crippen molar-refractivity contribution in [3.63, 3.8) is 0 Å². The van der Waals surface area contributed by atoms with Crippen LogP contribution >= 0.6 is 11.8 Å². The van der Waals surface area contributed by atoms with Gasteiger partial charge in [0.2, 0.25) is 6.41 Å². The highest BCUT2D eigenvalue weighted by molar-refractivity contribution is 7.98. The summed E-state index contributed by atoms with van der Waals surface area (Å²) in [7, 11) is 0. The third-order valence-electron chi connectivity index (χ3n) is 2.98.